The standard InChI is InChI=1S/C16H24N2O3/c1-6-21-16(20)13-10(4)14(17-11(13)5)15(19)18(9(2)3)12-7-8-12/h9,12,17H,6-8H2,1-5H3. The molecule has 1 aromatic heterocycles. The van der Waals surface area contributed by atoms with Crippen LogP contribution >= 0.6 is 0 Å². The van der Waals surface area contributed by atoms with Gasteiger partial charge < -0.3 is 14.6 Å². The summed E-state index contributed by atoms with van der Waals surface area (Å²) in [5.41, 5.74) is 2.37. The van der Waals surface area contributed by atoms with Crippen molar-refractivity contribution in [3.63, 3.8) is 0 Å². The number of carbonyl (C=O) groups excluding carboxylic acids is 2. The van der Waals surface area contributed by atoms with E-state index in [0.717, 1.165) is 12.8 Å². The Balaban J connectivity index is 2.34. The Labute approximate surface area is 125 Å². The molecule has 1 fully saturated rings. The lowest BCUT2D eigenvalue weighted by atomic mass is 10.1. The van der Waals surface area contributed by atoms with E-state index in [9.17, 15) is 9.59 Å². The van der Waals surface area contributed by atoms with Gasteiger partial charge in [-0.05, 0) is 53.0 Å². The van der Waals surface area contributed by atoms with Crippen molar-refractivity contribution in [3.8, 4) is 0 Å². The number of nitrogens with zero attached hydrogens (tertiary/aromatic N) is 1. The van der Waals surface area contributed by atoms with Crippen molar-refractivity contribution in [2.45, 2.75) is 59.5 Å². The van der Waals surface area contributed by atoms with E-state index in [1.54, 1.807) is 20.8 Å². The van der Waals surface area contributed by atoms with Crippen molar-refractivity contribution in [3.05, 3.63) is 22.5 Å². The zero-order chi connectivity index (χ0) is 15.7. The number of rotatable bonds is 5. The van der Waals surface area contributed by atoms with Crippen LogP contribution < -0.4 is 0 Å². The summed E-state index contributed by atoms with van der Waals surface area (Å²) in [4.78, 5) is 29.8. The highest BCUT2D eigenvalue weighted by molar-refractivity contribution is 6.00. The zero-order valence-corrected chi connectivity index (χ0v) is 13.4. The molecule has 1 aromatic rings. The maximum Gasteiger partial charge on any atom is 0.340 e. The number of amides is 1. The van der Waals surface area contributed by atoms with E-state index in [0.29, 0.717) is 35.2 Å². The number of aromatic amines is 1. The molecule has 2 rings (SSSR count). The van der Waals surface area contributed by atoms with Crippen LogP contribution in [0.25, 0.3) is 0 Å². The van der Waals surface area contributed by atoms with Crippen molar-refractivity contribution >= 4 is 11.9 Å². The van der Waals surface area contributed by atoms with Gasteiger partial charge >= 0.3 is 5.97 Å². The van der Waals surface area contributed by atoms with Crippen LogP contribution in [0.2, 0.25) is 0 Å². The minimum atomic E-state index is -0.370. The summed E-state index contributed by atoms with van der Waals surface area (Å²) in [6, 6.07) is 0.491. The Morgan fingerprint density at radius 2 is 1.95 bits per heavy atom. The zero-order valence-electron chi connectivity index (χ0n) is 13.4. The number of hydrogen-bond acceptors (Lipinski definition) is 3. The molecular formula is C16H24N2O3. The van der Waals surface area contributed by atoms with Crippen molar-refractivity contribution in [1.82, 2.24) is 9.88 Å². The van der Waals surface area contributed by atoms with Gasteiger partial charge in [-0.2, -0.15) is 0 Å². The number of aromatic nitrogens is 1. The Morgan fingerprint density at radius 1 is 1.33 bits per heavy atom. The summed E-state index contributed by atoms with van der Waals surface area (Å²) in [6.07, 6.45) is 2.13. The van der Waals surface area contributed by atoms with Gasteiger partial charge in [-0.15, -0.1) is 0 Å². The maximum absolute atomic E-state index is 12.8. The molecule has 1 saturated carbocycles. The number of hydrogen-bond donors (Lipinski definition) is 1. The lowest BCUT2D eigenvalue weighted by Crippen LogP contribution is -2.39. The molecule has 5 nitrogen and oxygen atoms in total. The van der Waals surface area contributed by atoms with Gasteiger partial charge in [0, 0.05) is 17.8 Å². The van der Waals surface area contributed by atoms with E-state index in [1.165, 1.54) is 0 Å². The largest absolute Gasteiger partial charge is 0.462 e. The average Bonchev–Trinajstić information content (AvgIpc) is 3.15. The number of H-pyrrole nitrogens is 1. The molecule has 0 unspecified atom stereocenters. The minimum absolute atomic E-state index is 0.0244. The molecule has 0 saturated heterocycles. The molecule has 116 valence electrons. The van der Waals surface area contributed by atoms with Crippen LogP contribution in [0.3, 0.4) is 0 Å². The Morgan fingerprint density at radius 3 is 2.43 bits per heavy atom. The van der Waals surface area contributed by atoms with E-state index in [2.05, 4.69) is 4.98 Å². The van der Waals surface area contributed by atoms with Crippen LogP contribution in [-0.4, -0.2) is 40.5 Å². The second-order valence-corrected chi connectivity index (χ2v) is 5.88. The molecule has 21 heavy (non-hydrogen) atoms. The molecule has 0 radical (unpaired) electrons. The van der Waals surface area contributed by atoms with Crippen LogP contribution in [0.15, 0.2) is 0 Å². The molecule has 1 N–H and O–H groups in total. The molecule has 1 aliphatic carbocycles. The van der Waals surface area contributed by atoms with Gasteiger partial charge in [0.05, 0.1) is 12.2 Å². The summed E-state index contributed by atoms with van der Waals surface area (Å²) in [5, 5.41) is 0. The fourth-order valence-corrected chi connectivity index (χ4v) is 2.78. The second-order valence-electron chi connectivity index (χ2n) is 5.88. The predicted octanol–water partition coefficient (Wildman–Crippen LogP) is 2.82. The monoisotopic (exact) mass is 292 g/mol. The highest BCUT2D eigenvalue weighted by atomic mass is 16.5. The van der Waals surface area contributed by atoms with Gasteiger partial charge in [-0.3, -0.25) is 4.79 Å². The normalized spacial score (nSPS) is 14.4. The van der Waals surface area contributed by atoms with Crippen LogP contribution in [0, 0.1) is 13.8 Å². The maximum atomic E-state index is 12.8. The first-order chi connectivity index (χ1) is 9.88. The third kappa shape index (κ3) is 2.96. The fraction of sp³-hybridized carbons (Fsp3) is 0.625. The smallest absolute Gasteiger partial charge is 0.340 e. The van der Waals surface area contributed by atoms with Crippen molar-refractivity contribution in [2.75, 3.05) is 6.61 Å². The van der Waals surface area contributed by atoms with Gasteiger partial charge in [-0.25, -0.2) is 4.79 Å². The fourth-order valence-electron chi connectivity index (χ4n) is 2.78. The van der Waals surface area contributed by atoms with E-state index >= 15 is 0 Å². The van der Waals surface area contributed by atoms with E-state index in [1.807, 2.05) is 18.7 Å². The first-order valence-electron chi connectivity index (χ1n) is 7.57. The van der Waals surface area contributed by atoms with Gasteiger partial charge in [0.2, 0.25) is 0 Å². The SMILES string of the molecule is CCOC(=O)c1c(C)[nH]c(C(=O)N(C(C)C)C2CC2)c1C. The van der Waals surface area contributed by atoms with Gasteiger partial charge in [0.1, 0.15) is 5.69 Å². The van der Waals surface area contributed by atoms with Gasteiger partial charge in [0.15, 0.2) is 0 Å². The molecule has 0 aromatic carbocycles. The number of carbonyl (C=O) groups is 2. The molecule has 0 atom stereocenters. The van der Waals surface area contributed by atoms with E-state index in [4.69, 9.17) is 4.74 Å². The number of nitrogens with one attached hydrogen (secondary N) is 1. The number of esters is 1. The predicted molar refractivity (Wildman–Crippen MR) is 80.6 cm³/mol. The van der Waals surface area contributed by atoms with Crippen LogP contribution in [0.5, 0.6) is 0 Å². The topological polar surface area (TPSA) is 62.4 Å². The first kappa shape index (κ1) is 15.6. The Bertz CT molecular complexity index is 554. The quantitative estimate of drug-likeness (QED) is 0.849. The number of aryl methyl sites for hydroxylation is 1. The molecule has 1 amide bonds. The van der Waals surface area contributed by atoms with E-state index < -0.39 is 0 Å². The van der Waals surface area contributed by atoms with Crippen LogP contribution in [0.4, 0.5) is 0 Å². The molecule has 0 aliphatic heterocycles. The summed E-state index contributed by atoms with van der Waals surface area (Å²) in [5.74, 6) is -0.394. The third-order valence-corrected chi connectivity index (χ3v) is 3.86. The lowest BCUT2D eigenvalue weighted by Gasteiger charge is -2.26. The molecule has 1 aliphatic rings. The first-order valence-corrected chi connectivity index (χ1v) is 7.57. The summed E-state index contributed by atoms with van der Waals surface area (Å²) in [6.45, 7) is 9.74. The average molecular weight is 292 g/mol. The highest BCUT2D eigenvalue weighted by Crippen LogP contribution is 2.31. The third-order valence-electron chi connectivity index (χ3n) is 3.86. The van der Waals surface area contributed by atoms with Crippen molar-refractivity contribution in [1.29, 1.82) is 0 Å². The molecule has 0 spiro atoms. The molecule has 0 bridgehead atoms. The summed E-state index contributed by atoms with van der Waals surface area (Å²) < 4.78 is 5.07. The van der Waals surface area contributed by atoms with Gasteiger partial charge in [-0.1, -0.05) is 0 Å². The molecular weight excluding hydrogens is 268 g/mol. The van der Waals surface area contributed by atoms with Crippen molar-refractivity contribution < 1.29 is 14.3 Å². The summed E-state index contributed by atoms with van der Waals surface area (Å²) in [7, 11) is 0. The number of ether oxygens (including phenoxy) is 1. The van der Waals surface area contributed by atoms with Crippen LogP contribution in [0.1, 0.15) is 65.7 Å². The molecule has 5 heteroatoms. The lowest BCUT2D eigenvalue weighted by molar-refractivity contribution is 0.0525. The van der Waals surface area contributed by atoms with E-state index in [-0.39, 0.29) is 17.9 Å². The van der Waals surface area contributed by atoms with Gasteiger partial charge in [0.25, 0.3) is 5.91 Å². The Hall–Kier alpha value is -1.78. The summed E-state index contributed by atoms with van der Waals surface area (Å²) >= 11 is 0. The van der Waals surface area contributed by atoms with Crippen molar-refractivity contribution in [2.24, 2.45) is 0 Å². The second kappa shape index (κ2) is 5.92. The van der Waals surface area contributed by atoms with Crippen LogP contribution in [-0.2, 0) is 4.74 Å². The molecule has 1 heterocycles. The highest BCUT2D eigenvalue weighted by Gasteiger charge is 2.36. The minimum Gasteiger partial charge on any atom is -0.462 e. The Kier molecular flexibility index (Phi) is 4.40.